The van der Waals surface area contributed by atoms with Crippen molar-refractivity contribution in [3.8, 4) is 11.8 Å². The Labute approximate surface area is 186 Å². The zero-order valence-electron chi connectivity index (χ0n) is 18.4. The molecule has 1 aliphatic carbocycles. The Morgan fingerprint density at radius 1 is 1.09 bits per heavy atom. The van der Waals surface area contributed by atoms with Gasteiger partial charge in [-0.05, 0) is 31.9 Å². The van der Waals surface area contributed by atoms with E-state index in [1.54, 1.807) is 10.7 Å². The summed E-state index contributed by atoms with van der Waals surface area (Å²) in [5.41, 5.74) is 3.70. The SMILES string of the molecule is CC1=Cc2c(ccc(Oc3nc(Nc4cc(C)n(C)n4)cc(N4CCNCC4)n3)c2F)C1. The highest BCUT2D eigenvalue weighted by Crippen LogP contribution is 2.34. The van der Waals surface area contributed by atoms with Gasteiger partial charge in [0.2, 0.25) is 0 Å². The summed E-state index contributed by atoms with van der Waals surface area (Å²) in [5, 5.41) is 11.0. The molecule has 5 rings (SSSR count). The molecule has 2 aliphatic rings. The maximum absolute atomic E-state index is 15.1. The summed E-state index contributed by atoms with van der Waals surface area (Å²) in [6.07, 6.45) is 2.63. The van der Waals surface area contributed by atoms with Gasteiger partial charge in [0.1, 0.15) is 11.6 Å². The van der Waals surface area contributed by atoms with E-state index in [1.165, 1.54) is 0 Å². The minimum absolute atomic E-state index is 0.0914. The van der Waals surface area contributed by atoms with Crippen LogP contribution in [0.2, 0.25) is 0 Å². The summed E-state index contributed by atoms with van der Waals surface area (Å²) >= 11 is 0. The van der Waals surface area contributed by atoms with Crippen LogP contribution < -0.4 is 20.3 Å². The van der Waals surface area contributed by atoms with E-state index < -0.39 is 0 Å². The van der Waals surface area contributed by atoms with E-state index in [9.17, 15) is 0 Å². The van der Waals surface area contributed by atoms with Crippen molar-refractivity contribution in [3.05, 3.63) is 52.5 Å². The number of halogens is 1. The van der Waals surface area contributed by atoms with Crippen LogP contribution in [-0.2, 0) is 13.5 Å². The zero-order chi connectivity index (χ0) is 22.2. The number of hydrogen-bond acceptors (Lipinski definition) is 7. The van der Waals surface area contributed by atoms with Crippen LogP contribution in [0.3, 0.4) is 0 Å². The number of anilines is 3. The fourth-order valence-electron chi connectivity index (χ4n) is 4.03. The Morgan fingerprint density at radius 3 is 2.66 bits per heavy atom. The number of piperazine rings is 1. The first-order valence-corrected chi connectivity index (χ1v) is 10.7. The van der Waals surface area contributed by atoms with Crippen LogP contribution in [0.4, 0.5) is 21.8 Å². The average Bonchev–Trinajstić information content (AvgIpc) is 3.31. The standard InChI is InChI=1S/C23H26FN7O/c1-14-10-16-4-5-18(22(24)17(16)11-14)32-23-27-19(26-20-12-15(2)30(3)29-20)13-21(28-23)31-8-6-25-7-9-31/h4-5,11-13,25H,6-10H2,1-3H3,(H,26,27,28,29). The van der Waals surface area contributed by atoms with Crippen molar-refractivity contribution < 1.29 is 9.13 Å². The lowest BCUT2D eigenvalue weighted by Gasteiger charge is -2.28. The summed E-state index contributed by atoms with van der Waals surface area (Å²) in [5.74, 6) is 1.67. The van der Waals surface area contributed by atoms with Crippen molar-refractivity contribution >= 4 is 23.5 Å². The van der Waals surface area contributed by atoms with Gasteiger partial charge in [-0.1, -0.05) is 17.7 Å². The summed E-state index contributed by atoms with van der Waals surface area (Å²) in [7, 11) is 1.88. The minimum Gasteiger partial charge on any atom is -0.421 e. The van der Waals surface area contributed by atoms with Crippen molar-refractivity contribution in [1.29, 1.82) is 0 Å². The van der Waals surface area contributed by atoms with Gasteiger partial charge in [-0.3, -0.25) is 4.68 Å². The highest BCUT2D eigenvalue weighted by molar-refractivity contribution is 5.66. The molecule has 0 spiro atoms. The van der Waals surface area contributed by atoms with Crippen LogP contribution in [0.5, 0.6) is 11.8 Å². The van der Waals surface area contributed by atoms with Gasteiger partial charge in [0.25, 0.3) is 0 Å². The molecular formula is C23H26FN7O. The number of hydrogen-bond donors (Lipinski definition) is 2. The van der Waals surface area contributed by atoms with Crippen molar-refractivity contribution in [2.75, 3.05) is 36.4 Å². The number of aromatic nitrogens is 4. The minimum atomic E-state index is -0.384. The third-order valence-electron chi connectivity index (χ3n) is 5.80. The predicted molar refractivity (Wildman–Crippen MR) is 122 cm³/mol. The molecule has 2 N–H and O–H groups in total. The molecule has 3 aromatic rings. The van der Waals surface area contributed by atoms with Gasteiger partial charge in [0.15, 0.2) is 17.4 Å². The van der Waals surface area contributed by atoms with Gasteiger partial charge < -0.3 is 20.3 Å². The van der Waals surface area contributed by atoms with Crippen LogP contribution in [0.1, 0.15) is 23.7 Å². The smallest absolute Gasteiger partial charge is 0.326 e. The highest BCUT2D eigenvalue weighted by Gasteiger charge is 2.20. The number of nitrogens with zero attached hydrogens (tertiary/aromatic N) is 5. The van der Waals surface area contributed by atoms with Crippen molar-refractivity contribution in [2.24, 2.45) is 7.05 Å². The molecule has 1 fully saturated rings. The summed E-state index contributed by atoms with van der Waals surface area (Å²) in [6, 6.07) is 7.44. The molecule has 8 nitrogen and oxygen atoms in total. The first-order chi connectivity index (χ1) is 15.5. The van der Waals surface area contributed by atoms with Crippen LogP contribution in [0.25, 0.3) is 6.08 Å². The lowest BCUT2D eigenvalue weighted by Crippen LogP contribution is -2.43. The van der Waals surface area contributed by atoms with Crippen molar-refractivity contribution in [2.45, 2.75) is 20.3 Å². The monoisotopic (exact) mass is 435 g/mol. The van der Waals surface area contributed by atoms with Gasteiger partial charge in [-0.2, -0.15) is 15.1 Å². The molecule has 166 valence electrons. The molecule has 2 aromatic heterocycles. The van der Waals surface area contributed by atoms with E-state index >= 15 is 4.39 Å². The third kappa shape index (κ3) is 4.03. The Hall–Kier alpha value is -3.46. The Bertz CT molecular complexity index is 1180. The summed E-state index contributed by atoms with van der Waals surface area (Å²) in [4.78, 5) is 11.2. The second kappa shape index (κ2) is 8.23. The first kappa shape index (κ1) is 20.4. The molecule has 1 saturated heterocycles. The van der Waals surface area contributed by atoms with Gasteiger partial charge >= 0.3 is 6.01 Å². The van der Waals surface area contributed by atoms with E-state index in [4.69, 9.17) is 4.74 Å². The number of benzene rings is 1. The molecule has 32 heavy (non-hydrogen) atoms. The molecule has 0 bridgehead atoms. The predicted octanol–water partition coefficient (Wildman–Crippen LogP) is 3.56. The van der Waals surface area contributed by atoms with E-state index in [-0.39, 0.29) is 17.6 Å². The number of allylic oxidation sites excluding steroid dienone is 1. The van der Waals surface area contributed by atoms with Gasteiger partial charge in [0.05, 0.1) is 0 Å². The second-order valence-electron chi connectivity index (χ2n) is 8.27. The summed E-state index contributed by atoms with van der Waals surface area (Å²) < 4.78 is 22.8. The number of rotatable bonds is 5. The normalized spacial score (nSPS) is 15.5. The Kier molecular flexibility index (Phi) is 5.26. The van der Waals surface area contributed by atoms with Crippen molar-refractivity contribution in [3.63, 3.8) is 0 Å². The van der Waals surface area contributed by atoms with E-state index in [1.807, 2.05) is 45.2 Å². The number of nitrogens with one attached hydrogen (secondary N) is 2. The van der Waals surface area contributed by atoms with Crippen LogP contribution in [-0.4, -0.2) is 45.9 Å². The molecule has 0 radical (unpaired) electrons. The van der Waals surface area contributed by atoms with E-state index in [0.29, 0.717) is 17.2 Å². The van der Waals surface area contributed by atoms with E-state index in [2.05, 4.69) is 30.6 Å². The van der Waals surface area contributed by atoms with Gasteiger partial charge in [-0.25, -0.2) is 4.39 Å². The fourth-order valence-corrected chi connectivity index (χ4v) is 4.03. The van der Waals surface area contributed by atoms with Gasteiger partial charge in [0, 0.05) is 56.6 Å². The van der Waals surface area contributed by atoms with E-state index in [0.717, 1.165) is 55.2 Å². The number of fused-ring (bicyclic) bond motifs is 1. The topological polar surface area (TPSA) is 80.1 Å². The third-order valence-corrected chi connectivity index (χ3v) is 5.80. The molecule has 0 unspecified atom stereocenters. The maximum atomic E-state index is 15.1. The largest absolute Gasteiger partial charge is 0.421 e. The van der Waals surface area contributed by atoms with Crippen LogP contribution in [0, 0.1) is 12.7 Å². The molecule has 1 aliphatic heterocycles. The fraction of sp³-hybridized carbons (Fsp3) is 0.348. The number of aryl methyl sites for hydroxylation is 2. The first-order valence-electron chi connectivity index (χ1n) is 10.7. The Balaban J connectivity index is 1.49. The molecule has 0 amide bonds. The van der Waals surface area contributed by atoms with Crippen molar-refractivity contribution in [1.82, 2.24) is 25.1 Å². The molecule has 3 heterocycles. The number of ether oxygens (including phenoxy) is 1. The zero-order valence-corrected chi connectivity index (χ0v) is 18.4. The molecule has 1 aromatic carbocycles. The average molecular weight is 436 g/mol. The van der Waals surface area contributed by atoms with Crippen LogP contribution in [0.15, 0.2) is 29.8 Å². The molecule has 0 saturated carbocycles. The molecule has 9 heteroatoms. The summed E-state index contributed by atoms with van der Waals surface area (Å²) in [6.45, 7) is 7.34. The Morgan fingerprint density at radius 2 is 1.91 bits per heavy atom. The van der Waals surface area contributed by atoms with Gasteiger partial charge in [-0.15, -0.1) is 0 Å². The second-order valence-corrected chi connectivity index (χ2v) is 8.27. The lowest BCUT2D eigenvalue weighted by atomic mass is 10.1. The maximum Gasteiger partial charge on any atom is 0.326 e. The molecule has 0 atom stereocenters. The molecular weight excluding hydrogens is 409 g/mol. The highest BCUT2D eigenvalue weighted by atomic mass is 19.1. The lowest BCUT2D eigenvalue weighted by molar-refractivity contribution is 0.410. The van der Waals surface area contributed by atoms with Crippen LogP contribution >= 0.6 is 0 Å². The quantitative estimate of drug-likeness (QED) is 0.634.